The van der Waals surface area contributed by atoms with Crippen molar-refractivity contribution in [1.29, 1.82) is 0 Å². The van der Waals surface area contributed by atoms with Crippen LogP contribution < -0.4 is 10.1 Å². The topological polar surface area (TPSA) is 38.3 Å². The van der Waals surface area contributed by atoms with Crippen LogP contribution in [0.1, 0.15) is 39.5 Å². The minimum absolute atomic E-state index is 0.0496. The van der Waals surface area contributed by atoms with Crippen LogP contribution in [0.15, 0.2) is 36.4 Å². The molecule has 0 saturated carbocycles. The summed E-state index contributed by atoms with van der Waals surface area (Å²) in [7, 11) is 0. The fraction of sp³-hybridized carbons (Fsp3) is 0.350. The Morgan fingerprint density at radius 3 is 2.35 bits per heavy atom. The van der Waals surface area contributed by atoms with Crippen molar-refractivity contribution in [3.63, 3.8) is 0 Å². The number of hydrogen-bond acceptors (Lipinski definition) is 2. The zero-order valence-electron chi connectivity index (χ0n) is 14.6. The summed E-state index contributed by atoms with van der Waals surface area (Å²) in [6.07, 6.45) is 0. The first-order valence-corrected chi connectivity index (χ1v) is 7.95. The summed E-state index contributed by atoms with van der Waals surface area (Å²) in [5, 5.41) is 3.01. The van der Waals surface area contributed by atoms with E-state index in [1.165, 1.54) is 5.56 Å². The van der Waals surface area contributed by atoms with Gasteiger partial charge in [0, 0.05) is 5.56 Å². The zero-order chi connectivity index (χ0) is 17.0. The zero-order valence-corrected chi connectivity index (χ0v) is 14.6. The summed E-state index contributed by atoms with van der Waals surface area (Å²) >= 11 is 0. The number of rotatable bonds is 5. The molecule has 0 bridgehead atoms. The Morgan fingerprint density at radius 2 is 1.65 bits per heavy atom. The molecular weight excluding hydrogens is 286 g/mol. The molecule has 2 aromatic rings. The maximum absolute atomic E-state index is 12.5. The van der Waals surface area contributed by atoms with Crippen LogP contribution >= 0.6 is 0 Å². The maximum Gasteiger partial charge on any atom is 0.251 e. The Morgan fingerprint density at radius 1 is 1.00 bits per heavy atom. The highest BCUT2D eigenvalue weighted by Gasteiger charge is 2.14. The molecule has 0 fully saturated rings. The number of para-hydroxylation sites is 1. The number of benzene rings is 2. The lowest BCUT2D eigenvalue weighted by molar-refractivity contribution is 0.0926. The van der Waals surface area contributed by atoms with Gasteiger partial charge in [0.15, 0.2) is 0 Å². The van der Waals surface area contributed by atoms with Crippen molar-refractivity contribution in [2.24, 2.45) is 0 Å². The summed E-state index contributed by atoms with van der Waals surface area (Å²) in [5.41, 5.74) is 5.16. The van der Waals surface area contributed by atoms with Crippen molar-refractivity contribution in [3.8, 4) is 5.75 Å². The highest BCUT2D eigenvalue weighted by atomic mass is 16.5. The van der Waals surface area contributed by atoms with Crippen molar-refractivity contribution >= 4 is 5.91 Å². The van der Waals surface area contributed by atoms with Gasteiger partial charge in [-0.2, -0.15) is 0 Å². The highest BCUT2D eigenvalue weighted by molar-refractivity contribution is 5.96. The van der Waals surface area contributed by atoms with Crippen LogP contribution in [-0.4, -0.2) is 18.6 Å². The van der Waals surface area contributed by atoms with Gasteiger partial charge in [-0.3, -0.25) is 4.79 Å². The van der Waals surface area contributed by atoms with Gasteiger partial charge in [-0.05, 0) is 69.0 Å². The Kier molecular flexibility index (Phi) is 5.43. The van der Waals surface area contributed by atoms with Gasteiger partial charge in [0.1, 0.15) is 12.4 Å². The molecule has 1 amide bonds. The third-order valence-corrected chi connectivity index (χ3v) is 4.05. The van der Waals surface area contributed by atoms with Crippen molar-refractivity contribution in [1.82, 2.24) is 5.32 Å². The number of ether oxygens (including phenoxy) is 1. The SMILES string of the molecule is Cc1cc(C)c(C(=O)N[C@H](C)COc2ccccc2C)cc1C. The van der Waals surface area contributed by atoms with E-state index in [1.807, 2.05) is 58.0 Å². The van der Waals surface area contributed by atoms with Crippen molar-refractivity contribution in [3.05, 3.63) is 64.2 Å². The van der Waals surface area contributed by atoms with Gasteiger partial charge < -0.3 is 10.1 Å². The van der Waals surface area contributed by atoms with Crippen LogP contribution in [0.5, 0.6) is 5.75 Å². The van der Waals surface area contributed by atoms with Gasteiger partial charge >= 0.3 is 0 Å². The lowest BCUT2D eigenvalue weighted by Crippen LogP contribution is -2.37. The highest BCUT2D eigenvalue weighted by Crippen LogP contribution is 2.17. The first-order chi connectivity index (χ1) is 10.9. The minimum Gasteiger partial charge on any atom is -0.491 e. The van der Waals surface area contributed by atoms with Crippen LogP contribution in [0.25, 0.3) is 0 Å². The van der Waals surface area contributed by atoms with Gasteiger partial charge in [-0.1, -0.05) is 24.3 Å². The number of amides is 1. The third kappa shape index (κ3) is 4.35. The Labute approximate surface area is 138 Å². The Bertz CT molecular complexity index is 707. The monoisotopic (exact) mass is 311 g/mol. The van der Waals surface area contributed by atoms with Crippen molar-refractivity contribution in [2.75, 3.05) is 6.61 Å². The molecule has 0 heterocycles. The molecule has 3 heteroatoms. The molecule has 2 rings (SSSR count). The van der Waals surface area contributed by atoms with E-state index < -0.39 is 0 Å². The summed E-state index contributed by atoms with van der Waals surface area (Å²) in [6.45, 7) is 10.5. The Balaban J connectivity index is 1.97. The van der Waals surface area contributed by atoms with Crippen molar-refractivity contribution in [2.45, 2.75) is 40.7 Å². The summed E-state index contributed by atoms with van der Waals surface area (Å²) in [6, 6.07) is 11.8. The van der Waals surface area contributed by atoms with Gasteiger partial charge in [0.25, 0.3) is 5.91 Å². The molecule has 0 unspecified atom stereocenters. The van der Waals surface area contributed by atoms with Gasteiger partial charge in [0.05, 0.1) is 6.04 Å². The number of carbonyl (C=O) groups is 1. The molecule has 23 heavy (non-hydrogen) atoms. The molecule has 0 aliphatic rings. The number of hydrogen-bond donors (Lipinski definition) is 1. The predicted octanol–water partition coefficient (Wildman–Crippen LogP) is 4.12. The molecule has 1 N–H and O–H groups in total. The molecule has 0 aliphatic heterocycles. The molecule has 0 spiro atoms. The molecule has 0 saturated heterocycles. The van der Waals surface area contributed by atoms with Crippen LogP contribution in [0.2, 0.25) is 0 Å². The van der Waals surface area contributed by atoms with E-state index in [4.69, 9.17) is 4.74 Å². The second-order valence-corrected chi connectivity index (χ2v) is 6.20. The first-order valence-electron chi connectivity index (χ1n) is 7.95. The van der Waals surface area contributed by atoms with Crippen LogP contribution in [0, 0.1) is 27.7 Å². The standard InChI is InChI=1S/C20H25NO2/c1-13-8-6-7-9-19(13)23-12-17(5)21-20(22)18-11-15(3)14(2)10-16(18)4/h6-11,17H,12H2,1-5H3,(H,21,22)/t17-/m1/s1. The van der Waals surface area contributed by atoms with Crippen LogP contribution in [-0.2, 0) is 0 Å². The lowest BCUT2D eigenvalue weighted by atomic mass is 10.0. The Hall–Kier alpha value is -2.29. The molecule has 0 aromatic heterocycles. The van der Waals surface area contributed by atoms with Gasteiger partial charge in [-0.25, -0.2) is 0 Å². The number of carbonyl (C=O) groups excluding carboxylic acids is 1. The van der Waals surface area contributed by atoms with E-state index in [1.54, 1.807) is 0 Å². The smallest absolute Gasteiger partial charge is 0.251 e. The average molecular weight is 311 g/mol. The maximum atomic E-state index is 12.5. The molecule has 122 valence electrons. The van der Waals surface area contributed by atoms with E-state index >= 15 is 0 Å². The number of aryl methyl sites for hydroxylation is 4. The van der Waals surface area contributed by atoms with E-state index in [2.05, 4.69) is 18.3 Å². The summed E-state index contributed by atoms with van der Waals surface area (Å²) in [4.78, 5) is 12.5. The normalized spacial score (nSPS) is 11.9. The van der Waals surface area contributed by atoms with Gasteiger partial charge in [-0.15, -0.1) is 0 Å². The average Bonchev–Trinajstić information content (AvgIpc) is 2.50. The molecule has 0 radical (unpaired) electrons. The number of nitrogens with one attached hydrogen (secondary N) is 1. The summed E-state index contributed by atoms with van der Waals surface area (Å²) < 4.78 is 5.79. The largest absolute Gasteiger partial charge is 0.491 e. The second-order valence-electron chi connectivity index (χ2n) is 6.20. The first kappa shape index (κ1) is 17.1. The fourth-order valence-corrected chi connectivity index (χ4v) is 2.48. The van der Waals surface area contributed by atoms with E-state index in [0.717, 1.165) is 28.0 Å². The van der Waals surface area contributed by atoms with E-state index in [-0.39, 0.29) is 11.9 Å². The van der Waals surface area contributed by atoms with E-state index in [0.29, 0.717) is 6.61 Å². The van der Waals surface area contributed by atoms with Crippen LogP contribution in [0.3, 0.4) is 0 Å². The second kappa shape index (κ2) is 7.32. The van der Waals surface area contributed by atoms with Gasteiger partial charge in [0.2, 0.25) is 0 Å². The van der Waals surface area contributed by atoms with E-state index in [9.17, 15) is 4.79 Å². The summed E-state index contributed by atoms with van der Waals surface area (Å²) in [5.74, 6) is 0.808. The molecule has 0 aliphatic carbocycles. The quantitative estimate of drug-likeness (QED) is 0.902. The van der Waals surface area contributed by atoms with Crippen LogP contribution in [0.4, 0.5) is 0 Å². The third-order valence-electron chi connectivity index (χ3n) is 4.05. The minimum atomic E-state index is -0.0666. The lowest BCUT2D eigenvalue weighted by Gasteiger charge is -2.17. The molecule has 2 aromatic carbocycles. The molecule has 3 nitrogen and oxygen atoms in total. The molecular formula is C20H25NO2. The molecule has 1 atom stereocenters. The fourth-order valence-electron chi connectivity index (χ4n) is 2.48. The van der Waals surface area contributed by atoms with Crippen molar-refractivity contribution < 1.29 is 9.53 Å². The predicted molar refractivity (Wildman–Crippen MR) is 94.3 cm³/mol.